The molecule has 3 N–H and O–H groups in total. The molecule has 0 saturated heterocycles. The normalized spacial score (nSPS) is 20.9. The molecule has 0 amide bonds. The molecule has 0 radical (unpaired) electrons. The summed E-state index contributed by atoms with van der Waals surface area (Å²) in [5.74, 6) is 0.873. The SMILES string of the molecule is O=C(O)C(CCO[C@H]1C[C@@H](CCc2ccc3c(n2)NCCC3)C1)NCc1ccncn1. The van der Waals surface area contributed by atoms with E-state index < -0.39 is 12.0 Å². The maximum atomic E-state index is 11.5. The van der Waals surface area contributed by atoms with Crippen molar-refractivity contribution in [3.63, 3.8) is 0 Å². The Labute approximate surface area is 182 Å². The van der Waals surface area contributed by atoms with Gasteiger partial charge in [-0.15, -0.1) is 0 Å². The lowest BCUT2D eigenvalue weighted by Crippen LogP contribution is -2.38. The van der Waals surface area contributed by atoms with Crippen LogP contribution in [0.5, 0.6) is 0 Å². The Hall–Kier alpha value is -2.58. The summed E-state index contributed by atoms with van der Waals surface area (Å²) in [6.45, 7) is 1.87. The van der Waals surface area contributed by atoms with Crippen LogP contribution in [0.3, 0.4) is 0 Å². The van der Waals surface area contributed by atoms with Crippen LogP contribution < -0.4 is 10.6 Å². The number of nitrogens with one attached hydrogen (secondary N) is 2. The van der Waals surface area contributed by atoms with Crippen LogP contribution in [0, 0.1) is 5.92 Å². The fraction of sp³-hybridized carbons (Fsp3) is 0.565. The van der Waals surface area contributed by atoms with Gasteiger partial charge in [0.1, 0.15) is 18.2 Å². The Morgan fingerprint density at radius 1 is 1.29 bits per heavy atom. The van der Waals surface area contributed by atoms with Crippen LogP contribution in [0.2, 0.25) is 0 Å². The van der Waals surface area contributed by atoms with Crippen molar-refractivity contribution in [2.75, 3.05) is 18.5 Å². The highest BCUT2D eigenvalue weighted by Gasteiger charge is 2.30. The number of carbonyl (C=O) groups is 1. The highest BCUT2D eigenvalue weighted by atomic mass is 16.5. The van der Waals surface area contributed by atoms with Gasteiger partial charge >= 0.3 is 5.97 Å². The molecule has 1 unspecified atom stereocenters. The standard InChI is InChI=1S/C23H31N5O3/c29-23(30)21(26-14-19-7-10-24-15-27-19)8-11-31-20-12-16(13-20)3-5-18-6-4-17-2-1-9-25-22(17)28-18/h4,6-7,10,15-16,20-21,26H,1-3,5,8-9,11-14H2,(H,25,28)(H,29,30)/t16-,20+,21?. The minimum Gasteiger partial charge on any atom is -0.480 e. The Kier molecular flexibility index (Phi) is 7.43. The molecule has 3 heterocycles. The van der Waals surface area contributed by atoms with Crippen molar-refractivity contribution in [1.29, 1.82) is 0 Å². The highest BCUT2D eigenvalue weighted by molar-refractivity contribution is 5.73. The molecular weight excluding hydrogens is 394 g/mol. The predicted molar refractivity (Wildman–Crippen MR) is 117 cm³/mol. The van der Waals surface area contributed by atoms with Crippen molar-refractivity contribution in [3.8, 4) is 0 Å². The summed E-state index contributed by atoms with van der Waals surface area (Å²) in [4.78, 5) is 24.2. The molecule has 2 aliphatic rings. The summed E-state index contributed by atoms with van der Waals surface area (Å²) in [6, 6.07) is 5.51. The number of hydrogen-bond donors (Lipinski definition) is 3. The number of fused-ring (bicyclic) bond motifs is 1. The molecular formula is C23H31N5O3. The first-order valence-electron chi connectivity index (χ1n) is 11.2. The minimum absolute atomic E-state index is 0.250. The van der Waals surface area contributed by atoms with Gasteiger partial charge in [-0.05, 0) is 68.6 Å². The van der Waals surface area contributed by atoms with Crippen molar-refractivity contribution in [2.24, 2.45) is 5.92 Å². The first-order valence-corrected chi connectivity index (χ1v) is 11.2. The lowest BCUT2D eigenvalue weighted by atomic mass is 9.79. The number of hydrogen-bond acceptors (Lipinski definition) is 7. The van der Waals surface area contributed by atoms with Gasteiger partial charge in [0.25, 0.3) is 0 Å². The lowest BCUT2D eigenvalue weighted by Gasteiger charge is -2.35. The van der Waals surface area contributed by atoms with E-state index >= 15 is 0 Å². The fourth-order valence-corrected chi connectivity index (χ4v) is 4.22. The first-order chi connectivity index (χ1) is 15.2. The van der Waals surface area contributed by atoms with Crippen LogP contribution in [0.1, 0.15) is 49.1 Å². The third-order valence-corrected chi connectivity index (χ3v) is 6.18. The summed E-state index contributed by atoms with van der Waals surface area (Å²) >= 11 is 0. The predicted octanol–water partition coefficient (Wildman–Crippen LogP) is 2.59. The molecule has 8 nitrogen and oxygen atoms in total. The van der Waals surface area contributed by atoms with Crippen LogP contribution in [0.25, 0.3) is 0 Å². The third kappa shape index (κ3) is 6.21. The molecule has 2 aromatic rings. The van der Waals surface area contributed by atoms with Gasteiger partial charge in [0, 0.05) is 31.6 Å². The van der Waals surface area contributed by atoms with Gasteiger partial charge < -0.3 is 15.2 Å². The van der Waals surface area contributed by atoms with Crippen molar-refractivity contribution in [2.45, 2.75) is 63.6 Å². The lowest BCUT2D eigenvalue weighted by molar-refractivity contribution is -0.140. The van der Waals surface area contributed by atoms with Gasteiger partial charge in [-0.3, -0.25) is 10.1 Å². The van der Waals surface area contributed by atoms with Crippen molar-refractivity contribution in [1.82, 2.24) is 20.3 Å². The molecule has 31 heavy (non-hydrogen) atoms. The topological polar surface area (TPSA) is 109 Å². The Morgan fingerprint density at radius 3 is 3.00 bits per heavy atom. The monoisotopic (exact) mass is 425 g/mol. The number of carboxylic acids is 1. The van der Waals surface area contributed by atoms with Crippen LogP contribution in [-0.2, 0) is 28.9 Å². The molecule has 1 atom stereocenters. The number of ether oxygens (including phenoxy) is 1. The first kappa shape index (κ1) is 21.6. The zero-order valence-electron chi connectivity index (χ0n) is 17.8. The largest absolute Gasteiger partial charge is 0.480 e. The van der Waals surface area contributed by atoms with Crippen molar-refractivity contribution < 1.29 is 14.6 Å². The maximum absolute atomic E-state index is 11.5. The second-order valence-corrected chi connectivity index (χ2v) is 8.47. The fourth-order valence-electron chi connectivity index (χ4n) is 4.22. The third-order valence-electron chi connectivity index (χ3n) is 6.18. The Bertz CT molecular complexity index is 858. The quantitative estimate of drug-likeness (QED) is 0.504. The molecule has 1 saturated carbocycles. The molecule has 0 aromatic carbocycles. The molecule has 1 aliphatic carbocycles. The van der Waals surface area contributed by atoms with Gasteiger partial charge in [0.05, 0.1) is 11.8 Å². The van der Waals surface area contributed by atoms with E-state index in [1.165, 1.54) is 18.3 Å². The van der Waals surface area contributed by atoms with Crippen LogP contribution in [-0.4, -0.2) is 51.3 Å². The number of nitrogens with zero attached hydrogens (tertiary/aromatic N) is 3. The average Bonchev–Trinajstić information content (AvgIpc) is 2.77. The van der Waals surface area contributed by atoms with Crippen LogP contribution in [0.4, 0.5) is 5.82 Å². The van der Waals surface area contributed by atoms with E-state index in [0.29, 0.717) is 25.5 Å². The van der Waals surface area contributed by atoms with E-state index in [2.05, 4.69) is 32.7 Å². The Balaban J connectivity index is 1.11. The van der Waals surface area contributed by atoms with Gasteiger partial charge in [0.2, 0.25) is 0 Å². The van der Waals surface area contributed by atoms with E-state index in [9.17, 15) is 9.90 Å². The molecule has 0 bridgehead atoms. The Morgan fingerprint density at radius 2 is 2.19 bits per heavy atom. The van der Waals surface area contributed by atoms with Gasteiger partial charge in [-0.2, -0.15) is 0 Å². The number of aliphatic carboxylic acids is 1. The molecule has 4 rings (SSSR count). The van der Waals surface area contributed by atoms with E-state index in [0.717, 1.165) is 55.9 Å². The van der Waals surface area contributed by atoms with E-state index in [1.807, 2.05) is 0 Å². The summed E-state index contributed by atoms with van der Waals surface area (Å²) in [7, 11) is 0. The number of carboxylic acid groups (broad SMARTS) is 1. The van der Waals surface area contributed by atoms with E-state index in [1.54, 1.807) is 12.3 Å². The molecule has 1 aliphatic heterocycles. The number of rotatable bonds is 11. The van der Waals surface area contributed by atoms with Gasteiger partial charge in [-0.25, -0.2) is 15.0 Å². The molecule has 1 fully saturated rings. The number of aryl methyl sites for hydroxylation is 2. The molecule has 166 valence electrons. The smallest absolute Gasteiger partial charge is 0.320 e. The van der Waals surface area contributed by atoms with Crippen molar-refractivity contribution in [3.05, 3.63) is 47.7 Å². The zero-order valence-corrected chi connectivity index (χ0v) is 17.8. The molecule has 8 heteroatoms. The summed E-state index contributed by atoms with van der Waals surface area (Å²) < 4.78 is 5.91. The second-order valence-electron chi connectivity index (χ2n) is 8.47. The average molecular weight is 426 g/mol. The summed E-state index contributed by atoms with van der Waals surface area (Å²) in [5.41, 5.74) is 3.27. The van der Waals surface area contributed by atoms with E-state index in [4.69, 9.17) is 9.72 Å². The summed E-state index contributed by atoms with van der Waals surface area (Å²) in [5, 5.41) is 15.9. The molecule has 0 spiro atoms. The van der Waals surface area contributed by atoms with Crippen molar-refractivity contribution >= 4 is 11.8 Å². The number of aromatic nitrogens is 3. The highest BCUT2D eigenvalue weighted by Crippen LogP contribution is 2.34. The zero-order chi connectivity index (χ0) is 21.5. The van der Waals surface area contributed by atoms with Gasteiger partial charge in [-0.1, -0.05) is 6.07 Å². The minimum atomic E-state index is -0.865. The summed E-state index contributed by atoms with van der Waals surface area (Å²) in [6.07, 6.45) is 10.3. The number of anilines is 1. The van der Waals surface area contributed by atoms with Gasteiger partial charge in [0.15, 0.2) is 0 Å². The number of pyridine rings is 1. The maximum Gasteiger partial charge on any atom is 0.320 e. The van der Waals surface area contributed by atoms with E-state index in [-0.39, 0.29) is 6.10 Å². The van der Waals surface area contributed by atoms with Crippen LogP contribution in [0.15, 0.2) is 30.7 Å². The second kappa shape index (κ2) is 10.6. The molecule has 2 aromatic heterocycles. The van der Waals surface area contributed by atoms with Crippen LogP contribution >= 0.6 is 0 Å².